The first-order valence-electron chi connectivity index (χ1n) is 9.47. The lowest BCUT2D eigenvalue weighted by atomic mass is 9.90. The van der Waals surface area contributed by atoms with Gasteiger partial charge in [-0.25, -0.2) is 8.42 Å². The third-order valence-electron chi connectivity index (χ3n) is 5.34. The maximum Gasteiger partial charge on any atom is 0.265 e. The monoisotopic (exact) mass is 481 g/mol. The number of hydrogen-bond acceptors (Lipinski definition) is 3. The summed E-state index contributed by atoms with van der Waals surface area (Å²) in [6, 6.07) is 19.9. The zero-order valence-electron chi connectivity index (χ0n) is 16.3. The van der Waals surface area contributed by atoms with E-state index in [0.29, 0.717) is 11.3 Å². The second kappa shape index (κ2) is 7.85. The lowest BCUT2D eigenvalue weighted by Crippen LogP contribution is -2.44. The third kappa shape index (κ3) is 3.40. The van der Waals surface area contributed by atoms with E-state index in [4.69, 9.17) is 0 Å². The quantitative estimate of drug-likeness (QED) is 0.357. The molecule has 0 bridgehead atoms. The Labute approximate surface area is 185 Å². The molecule has 2 unspecified atom stereocenters. The zero-order valence-corrected chi connectivity index (χ0v) is 18.7. The molecule has 0 spiro atoms. The summed E-state index contributed by atoms with van der Waals surface area (Å²) in [5, 5.41) is 0. The molecule has 1 aliphatic rings. The number of fused-ring (bicyclic) bond motifs is 1. The van der Waals surface area contributed by atoms with Crippen LogP contribution in [0.15, 0.2) is 94.8 Å². The SMILES string of the molecule is C=CC1c2cc(Br)ccc2N(S(=O)(=O)c2ccc(C)cc2)C1C(=O)c1ccccc1. The fourth-order valence-electron chi connectivity index (χ4n) is 3.86. The fourth-order valence-corrected chi connectivity index (χ4v) is 5.90. The van der Waals surface area contributed by atoms with Gasteiger partial charge in [0, 0.05) is 16.0 Å². The highest BCUT2D eigenvalue weighted by Crippen LogP contribution is 2.46. The predicted octanol–water partition coefficient (Wildman–Crippen LogP) is 5.49. The standard InChI is InChI=1S/C24H20BrNO3S/c1-3-20-21-15-18(25)11-14-22(21)26(23(20)24(27)17-7-5-4-6-8-17)30(28,29)19-12-9-16(2)10-13-19/h3-15,20,23H,1H2,2H3. The van der Waals surface area contributed by atoms with Crippen LogP contribution in [0, 0.1) is 6.92 Å². The van der Waals surface area contributed by atoms with E-state index >= 15 is 0 Å². The van der Waals surface area contributed by atoms with Crippen molar-refractivity contribution in [2.75, 3.05) is 4.31 Å². The normalized spacial score (nSPS) is 18.1. The number of anilines is 1. The minimum Gasteiger partial charge on any atom is -0.292 e. The Balaban J connectivity index is 1.93. The molecule has 6 heteroatoms. The van der Waals surface area contributed by atoms with Gasteiger partial charge in [0.15, 0.2) is 5.78 Å². The lowest BCUT2D eigenvalue weighted by Gasteiger charge is -2.28. The molecule has 4 rings (SSSR count). The van der Waals surface area contributed by atoms with Crippen LogP contribution in [0.4, 0.5) is 5.69 Å². The van der Waals surface area contributed by atoms with E-state index in [1.54, 1.807) is 66.7 Å². The molecule has 4 nitrogen and oxygen atoms in total. The van der Waals surface area contributed by atoms with Crippen molar-refractivity contribution in [2.24, 2.45) is 0 Å². The molecule has 2 atom stereocenters. The van der Waals surface area contributed by atoms with E-state index in [0.717, 1.165) is 15.6 Å². The number of aryl methyl sites for hydroxylation is 1. The molecule has 152 valence electrons. The average Bonchev–Trinajstić information content (AvgIpc) is 3.08. The Kier molecular flexibility index (Phi) is 5.38. The van der Waals surface area contributed by atoms with Crippen LogP contribution in [-0.4, -0.2) is 20.2 Å². The van der Waals surface area contributed by atoms with E-state index in [9.17, 15) is 13.2 Å². The Morgan fingerprint density at radius 1 is 1.03 bits per heavy atom. The van der Waals surface area contributed by atoms with Crippen molar-refractivity contribution in [1.82, 2.24) is 0 Å². The Morgan fingerprint density at radius 3 is 2.33 bits per heavy atom. The summed E-state index contributed by atoms with van der Waals surface area (Å²) >= 11 is 3.46. The molecule has 0 amide bonds. The van der Waals surface area contributed by atoms with Crippen LogP contribution >= 0.6 is 15.9 Å². The Bertz CT molecular complexity index is 1220. The van der Waals surface area contributed by atoms with Gasteiger partial charge in [-0.05, 0) is 42.8 Å². The number of hydrogen-bond donors (Lipinski definition) is 0. The molecular weight excluding hydrogens is 462 g/mol. The molecule has 3 aromatic carbocycles. The van der Waals surface area contributed by atoms with Crippen LogP contribution in [0.2, 0.25) is 0 Å². The zero-order chi connectivity index (χ0) is 21.5. The molecule has 1 aliphatic heterocycles. The van der Waals surface area contributed by atoms with Gasteiger partial charge in [-0.3, -0.25) is 9.10 Å². The molecular formula is C24H20BrNO3S. The first-order chi connectivity index (χ1) is 14.3. The smallest absolute Gasteiger partial charge is 0.265 e. The van der Waals surface area contributed by atoms with Crippen molar-refractivity contribution in [3.63, 3.8) is 0 Å². The van der Waals surface area contributed by atoms with Crippen LogP contribution < -0.4 is 4.31 Å². The summed E-state index contributed by atoms with van der Waals surface area (Å²) in [5.74, 6) is -0.728. The van der Waals surface area contributed by atoms with Gasteiger partial charge >= 0.3 is 0 Å². The van der Waals surface area contributed by atoms with Crippen molar-refractivity contribution in [3.05, 3.63) is 107 Å². The summed E-state index contributed by atoms with van der Waals surface area (Å²) < 4.78 is 29.5. The number of nitrogens with zero attached hydrogens (tertiary/aromatic N) is 1. The van der Waals surface area contributed by atoms with Gasteiger partial charge in [-0.1, -0.05) is 70.0 Å². The Hall–Kier alpha value is -2.70. The number of halogens is 1. The maximum atomic E-state index is 13.7. The van der Waals surface area contributed by atoms with Crippen molar-refractivity contribution < 1.29 is 13.2 Å². The summed E-state index contributed by atoms with van der Waals surface area (Å²) in [6.45, 7) is 5.81. The molecule has 0 N–H and O–H groups in total. The number of sulfonamides is 1. The number of rotatable bonds is 5. The van der Waals surface area contributed by atoms with Gasteiger partial charge in [0.2, 0.25) is 0 Å². The number of carbonyl (C=O) groups is 1. The van der Waals surface area contributed by atoms with Crippen molar-refractivity contribution >= 4 is 37.4 Å². The van der Waals surface area contributed by atoms with Gasteiger partial charge in [-0.15, -0.1) is 6.58 Å². The fraction of sp³-hybridized carbons (Fsp3) is 0.125. The first kappa shape index (κ1) is 20.6. The minimum atomic E-state index is -3.98. The number of carbonyl (C=O) groups excluding carboxylic acids is 1. The second-order valence-corrected chi connectivity index (χ2v) is 9.98. The van der Waals surface area contributed by atoms with Crippen molar-refractivity contribution in [1.29, 1.82) is 0 Å². The van der Waals surface area contributed by atoms with Gasteiger partial charge < -0.3 is 0 Å². The van der Waals surface area contributed by atoms with Crippen LogP contribution in [0.3, 0.4) is 0 Å². The van der Waals surface area contributed by atoms with Crippen molar-refractivity contribution in [3.8, 4) is 0 Å². The highest BCUT2D eigenvalue weighted by atomic mass is 79.9. The van der Waals surface area contributed by atoms with Crippen LogP contribution in [0.5, 0.6) is 0 Å². The number of benzene rings is 3. The third-order valence-corrected chi connectivity index (χ3v) is 7.64. The van der Waals surface area contributed by atoms with Crippen LogP contribution in [0.25, 0.3) is 0 Å². The van der Waals surface area contributed by atoms with Gasteiger partial charge in [0.25, 0.3) is 10.0 Å². The molecule has 0 fully saturated rings. The largest absolute Gasteiger partial charge is 0.292 e. The van der Waals surface area contributed by atoms with E-state index < -0.39 is 22.0 Å². The van der Waals surface area contributed by atoms with Crippen LogP contribution in [0.1, 0.15) is 27.4 Å². The topological polar surface area (TPSA) is 54.5 Å². The predicted molar refractivity (Wildman–Crippen MR) is 122 cm³/mol. The second-order valence-electron chi connectivity index (χ2n) is 7.25. The molecule has 3 aromatic rings. The number of Topliss-reactive ketones (excluding diaryl/α,β-unsaturated/α-hetero) is 1. The summed E-state index contributed by atoms with van der Waals surface area (Å²) in [5.41, 5.74) is 2.67. The highest BCUT2D eigenvalue weighted by Gasteiger charge is 2.47. The van der Waals surface area contributed by atoms with Gasteiger partial charge in [0.05, 0.1) is 10.6 Å². The van der Waals surface area contributed by atoms with Crippen LogP contribution in [-0.2, 0) is 10.0 Å². The van der Waals surface area contributed by atoms with E-state index in [2.05, 4.69) is 22.5 Å². The summed E-state index contributed by atoms with van der Waals surface area (Å²) in [4.78, 5) is 13.7. The Morgan fingerprint density at radius 2 is 1.70 bits per heavy atom. The summed E-state index contributed by atoms with van der Waals surface area (Å²) in [6.07, 6.45) is 1.65. The lowest BCUT2D eigenvalue weighted by molar-refractivity contribution is 0.0961. The minimum absolute atomic E-state index is 0.151. The molecule has 0 aromatic heterocycles. The van der Waals surface area contributed by atoms with E-state index in [1.165, 1.54) is 4.31 Å². The van der Waals surface area contributed by atoms with Crippen molar-refractivity contribution in [2.45, 2.75) is 23.8 Å². The van der Waals surface area contributed by atoms with E-state index in [1.807, 2.05) is 19.1 Å². The molecule has 0 aliphatic carbocycles. The molecule has 0 saturated carbocycles. The van der Waals surface area contributed by atoms with Gasteiger partial charge in [0.1, 0.15) is 6.04 Å². The molecule has 0 saturated heterocycles. The van der Waals surface area contributed by atoms with E-state index in [-0.39, 0.29) is 10.7 Å². The highest BCUT2D eigenvalue weighted by molar-refractivity contribution is 9.10. The molecule has 30 heavy (non-hydrogen) atoms. The first-order valence-corrected chi connectivity index (χ1v) is 11.7. The maximum absolute atomic E-state index is 13.7. The average molecular weight is 482 g/mol. The number of ketones is 1. The molecule has 1 heterocycles. The van der Waals surface area contributed by atoms with Gasteiger partial charge in [-0.2, -0.15) is 0 Å². The summed E-state index contributed by atoms with van der Waals surface area (Å²) in [7, 11) is -3.98. The molecule has 0 radical (unpaired) electrons.